The zero-order chi connectivity index (χ0) is 13.3. The van der Waals surface area contributed by atoms with E-state index in [1.165, 1.54) is 0 Å². The van der Waals surface area contributed by atoms with E-state index in [-0.39, 0.29) is 11.5 Å². The average molecular weight is 247 g/mol. The largest absolute Gasteiger partial charge is 0.497 e. The van der Waals surface area contributed by atoms with Gasteiger partial charge in [0.25, 0.3) is 0 Å². The SMILES string of the molecule is COc1cccc(C2(C)C(C)C(=O)CCN2C)c1. The number of carbonyl (C=O) groups is 1. The zero-order valence-electron chi connectivity index (χ0n) is 11.6. The van der Waals surface area contributed by atoms with Crippen LogP contribution < -0.4 is 4.74 Å². The minimum Gasteiger partial charge on any atom is -0.497 e. The molecule has 3 nitrogen and oxygen atoms in total. The van der Waals surface area contributed by atoms with Crippen molar-refractivity contribution in [3.63, 3.8) is 0 Å². The molecule has 0 spiro atoms. The van der Waals surface area contributed by atoms with Gasteiger partial charge in [0.05, 0.1) is 12.6 Å². The highest BCUT2D eigenvalue weighted by molar-refractivity contribution is 5.83. The number of piperidine rings is 1. The summed E-state index contributed by atoms with van der Waals surface area (Å²) in [4.78, 5) is 14.3. The maximum absolute atomic E-state index is 12.0. The molecule has 1 aromatic rings. The Morgan fingerprint density at radius 3 is 2.83 bits per heavy atom. The van der Waals surface area contributed by atoms with Crippen molar-refractivity contribution in [2.24, 2.45) is 5.92 Å². The third-order valence-corrected chi connectivity index (χ3v) is 4.47. The Bertz CT molecular complexity index is 458. The van der Waals surface area contributed by atoms with E-state index in [0.717, 1.165) is 17.9 Å². The van der Waals surface area contributed by atoms with Crippen LogP contribution in [0.4, 0.5) is 0 Å². The van der Waals surface area contributed by atoms with Gasteiger partial charge in [-0.3, -0.25) is 9.69 Å². The van der Waals surface area contributed by atoms with Gasteiger partial charge in [-0.15, -0.1) is 0 Å². The first kappa shape index (κ1) is 13.1. The van der Waals surface area contributed by atoms with E-state index >= 15 is 0 Å². The van der Waals surface area contributed by atoms with Gasteiger partial charge < -0.3 is 4.74 Å². The molecule has 0 N–H and O–H groups in total. The Kier molecular flexibility index (Phi) is 3.44. The van der Waals surface area contributed by atoms with E-state index < -0.39 is 0 Å². The molecule has 1 aliphatic heterocycles. The molecule has 18 heavy (non-hydrogen) atoms. The highest BCUT2D eigenvalue weighted by Gasteiger charge is 2.43. The van der Waals surface area contributed by atoms with E-state index in [1.54, 1.807) is 7.11 Å². The maximum Gasteiger partial charge on any atom is 0.139 e. The van der Waals surface area contributed by atoms with Crippen LogP contribution in [0.15, 0.2) is 24.3 Å². The Hall–Kier alpha value is -1.35. The smallest absolute Gasteiger partial charge is 0.139 e. The number of ether oxygens (including phenoxy) is 1. The van der Waals surface area contributed by atoms with Crippen LogP contribution in [-0.4, -0.2) is 31.4 Å². The summed E-state index contributed by atoms with van der Waals surface area (Å²) < 4.78 is 5.28. The van der Waals surface area contributed by atoms with Crippen LogP contribution in [-0.2, 0) is 10.3 Å². The molecular formula is C15H21NO2. The highest BCUT2D eigenvalue weighted by Crippen LogP contribution is 2.40. The molecule has 1 fully saturated rings. The summed E-state index contributed by atoms with van der Waals surface area (Å²) in [5.41, 5.74) is 0.897. The van der Waals surface area contributed by atoms with Gasteiger partial charge in [0, 0.05) is 18.9 Å². The van der Waals surface area contributed by atoms with Crippen molar-refractivity contribution in [2.75, 3.05) is 20.7 Å². The lowest BCUT2D eigenvalue weighted by Gasteiger charge is -2.47. The van der Waals surface area contributed by atoms with Gasteiger partial charge in [-0.2, -0.15) is 0 Å². The quantitative estimate of drug-likeness (QED) is 0.804. The lowest BCUT2D eigenvalue weighted by molar-refractivity contribution is -0.132. The zero-order valence-corrected chi connectivity index (χ0v) is 11.6. The number of Topliss-reactive ketones (excluding diaryl/α,β-unsaturated/α-hetero) is 1. The molecule has 1 heterocycles. The van der Waals surface area contributed by atoms with Gasteiger partial charge >= 0.3 is 0 Å². The van der Waals surface area contributed by atoms with Crippen LogP contribution in [0.25, 0.3) is 0 Å². The first-order valence-corrected chi connectivity index (χ1v) is 6.38. The lowest BCUT2D eigenvalue weighted by atomic mass is 9.74. The Labute approximate surface area is 109 Å². The molecule has 1 aliphatic rings. The highest BCUT2D eigenvalue weighted by atomic mass is 16.5. The number of benzene rings is 1. The van der Waals surface area contributed by atoms with Gasteiger partial charge in [-0.05, 0) is 31.7 Å². The molecular weight excluding hydrogens is 226 g/mol. The van der Waals surface area contributed by atoms with Crippen molar-refractivity contribution in [1.82, 2.24) is 4.90 Å². The minimum atomic E-state index is -0.246. The van der Waals surface area contributed by atoms with E-state index in [9.17, 15) is 4.79 Å². The van der Waals surface area contributed by atoms with Gasteiger partial charge in [0.2, 0.25) is 0 Å². The summed E-state index contributed by atoms with van der Waals surface area (Å²) in [7, 11) is 3.75. The first-order chi connectivity index (χ1) is 8.50. The van der Waals surface area contributed by atoms with Gasteiger partial charge in [0.15, 0.2) is 0 Å². The summed E-state index contributed by atoms with van der Waals surface area (Å²) in [5.74, 6) is 1.19. The van der Waals surface area contributed by atoms with Crippen molar-refractivity contribution >= 4 is 5.78 Å². The molecule has 0 aromatic heterocycles. The number of nitrogens with zero attached hydrogens (tertiary/aromatic N) is 1. The molecule has 1 aromatic carbocycles. The summed E-state index contributed by atoms with van der Waals surface area (Å²) in [6.07, 6.45) is 0.650. The fourth-order valence-corrected chi connectivity index (χ4v) is 2.78. The Balaban J connectivity index is 2.46. The second-order valence-electron chi connectivity index (χ2n) is 5.24. The van der Waals surface area contributed by atoms with E-state index in [2.05, 4.69) is 24.9 Å². The molecule has 0 aliphatic carbocycles. The van der Waals surface area contributed by atoms with Crippen LogP contribution >= 0.6 is 0 Å². The molecule has 0 saturated carbocycles. The number of likely N-dealkylation sites (tertiary alicyclic amines) is 1. The van der Waals surface area contributed by atoms with E-state index in [4.69, 9.17) is 4.74 Å². The van der Waals surface area contributed by atoms with Crippen molar-refractivity contribution in [2.45, 2.75) is 25.8 Å². The Morgan fingerprint density at radius 1 is 1.44 bits per heavy atom. The average Bonchev–Trinajstić information content (AvgIpc) is 2.41. The fourth-order valence-electron chi connectivity index (χ4n) is 2.78. The van der Waals surface area contributed by atoms with Crippen LogP contribution in [0.5, 0.6) is 5.75 Å². The van der Waals surface area contributed by atoms with E-state index in [0.29, 0.717) is 12.2 Å². The number of rotatable bonds is 2. The second-order valence-corrected chi connectivity index (χ2v) is 5.24. The molecule has 98 valence electrons. The third kappa shape index (κ3) is 1.93. The predicted molar refractivity (Wildman–Crippen MR) is 71.8 cm³/mol. The van der Waals surface area contributed by atoms with Gasteiger partial charge in [0.1, 0.15) is 11.5 Å². The summed E-state index contributed by atoms with van der Waals surface area (Å²) in [5, 5.41) is 0. The number of hydrogen-bond acceptors (Lipinski definition) is 3. The molecule has 1 saturated heterocycles. The molecule has 3 heteroatoms. The molecule has 0 amide bonds. The van der Waals surface area contributed by atoms with E-state index in [1.807, 2.05) is 25.1 Å². The van der Waals surface area contributed by atoms with Crippen molar-refractivity contribution in [1.29, 1.82) is 0 Å². The second kappa shape index (κ2) is 4.73. The molecule has 2 atom stereocenters. The van der Waals surface area contributed by atoms with Gasteiger partial charge in [-0.25, -0.2) is 0 Å². The van der Waals surface area contributed by atoms with Crippen molar-refractivity contribution in [3.8, 4) is 5.75 Å². The summed E-state index contributed by atoms with van der Waals surface area (Å²) in [6, 6.07) is 8.03. The van der Waals surface area contributed by atoms with Crippen molar-refractivity contribution < 1.29 is 9.53 Å². The summed E-state index contributed by atoms with van der Waals surface area (Å²) in [6.45, 7) is 4.98. The fraction of sp³-hybridized carbons (Fsp3) is 0.533. The number of carbonyl (C=O) groups excluding carboxylic acids is 1. The Morgan fingerprint density at radius 2 is 2.17 bits per heavy atom. The van der Waals surface area contributed by atoms with Crippen LogP contribution in [0.3, 0.4) is 0 Å². The standard InChI is InChI=1S/C15H21NO2/c1-11-14(17)8-9-16(3)15(11,2)12-6-5-7-13(10-12)18-4/h5-7,10-11H,8-9H2,1-4H3. The monoisotopic (exact) mass is 247 g/mol. The maximum atomic E-state index is 12.0. The van der Waals surface area contributed by atoms with Crippen LogP contribution in [0, 0.1) is 5.92 Å². The molecule has 2 unspecified atom stereocenters. The topological polar surface area (TPSA) is 29.5 Å². The number of ketones is 1. The lowest BCUT2D eigenvalue weighted by Crippen LogP contribution is -2.53. The first-order valence-electron chi connectivity index (χ1n) is 6.38. The predicted octanol–water partition coefficient (Wildman–Crippen LogP) is 2.45. The molecule has 2 rings (SSSR count). The molecule has 0 radical (unpaired) electrons. The third-order valence-electron chi connectivity index (χ3n) is 4.47. The summed E-state index contributed by atoms with van der Waals surface area (Å²) >= 11 is 0. The number of methoxy groups -OCH3 is 1. The molecule has 0 bridgehead atoms. The van der Waals surface area contributed by atoms with Crippen molar-refractivity contribution in [3.05, 3.63) is 29.8 Å². The minimum absolute atomic E-state index is 0.00311. The van der Waals surface area contributed by atoms with Gasteiger partial charge in [-0.1, -0.05) is 19.1 Å². The van der Waals surface area contributed by atoms with Crippen LogP contribution in [0.1, 0.15) is 25.8 Å². The number of hydrogen-bond donors (Lipinski definition) is 0. The van der Waals surface area contributed by atoms with Crippen LogP contribution in [0.2, 0.25) is 0 Å². The normalized spacial score (nSPS) is 29.3.